The molecule has 2 rings (SSSR count). The number of hydrogen-bond acceptors (Lipinski definition) is 5. The molecule has 0 amide bonds. The lowest BCUT2D eigenvalue weighted by Gasteiger charge is -2.15. The van der Waals surface area contributed by atoms with Crippen molar-refractivity contribution in [1.29, 1.82) is 0 Å². The lowest BCUT2D eigenvalue weighted by molar-refractivity contribution is 0.565. The van der Waals surface area contributed by atoms with E-state index in [2.05, 4.69) is 9.71 Å². The second-order valence-electron chi connectivity index (χ2n) is 4.67. The third-order valence-corrected chi connectivity index (χ3v) is 5.71. The topological polar surface area (TPSA) is 85.1 Å². The van der Waals surface area contributed by atoms with Gasteiger partial charge in [-0.15, -0.1) is 11.3 Å². The first-order valence-electron chi connectivity index (χ1n) is 6.09. The molecule has 3 N–H and O–H groups in total. The average molecular weight is 311 g/mol. The molecule has 0 aliphatic rings. The first kappa shape index (κ1) is 15.0. The molecule has 0 fully saturated rings. The maximum Gasteiger partial charge on any atom is 0.241 e. The van der Waals surface area contributed by atoms with Crippen LogP contribution in [0.15, 0.2) is 28.6 Å². The van der Waals surface area contributed by atoms with E-state index in [1.165, 1.54) is 17.4 Å². The van der Waals surface area contributed by atoms with Crippen molar-refractivity contribution in [3.8, 4) is 0 Å². The Labute approximate surface area is 122 Å². The summed E-state index contributed by atoms with van der Waals surface area (Å²) in [5, 5.41) is 2.54. The minimum atomic E-state index is -3.62. The molecule has 0 saturated heterocycles. The summed E-state index contributed by atoms with van der Waals surface area (Å²) in [6, 6.07) is 2.87. The van der Waals surface area contributed by atoms with Crippen molar-refractivity contribution in [1.82, 2.24) is 9.71 Å². The lowest BCUT2D eigenvalue weighted by atomic mass is 10.1. The number of aryl methyl sites for hydroxylation is 1. The summed E-state index contributed by atoms with van der Waals surface area (Å²) in [5.41, 5.74) is 7.75. The zero-order valence-electron chi connectivity index (χ0n) is 11.5. The zero-order chi connectivity index (χ0) is 14.9. The van der Waals surface area contributed by atoms with E-state index in [1.54, 1.807) is 26.1 Å². The Bertz CT molecular complexity index is 709. The molecule has 1 aromatic carbocycles. The first-order chi connectivity index (χ1) is 9.31. The molecule has 1 heterocycles. The Hall–Kier alpha value is -1.44. The number of aromatic nitrogens is 1. The molecule has 0 spiro atoms. The molecule has 2 aromatic rings. The summed E-state index contributed by atoms with van der Waals surface area (Å²) in [5.74, 6) is 0. The van der Waals surface area contributed by atoms with Crippen LogP contribution in [0, 0.1) is 13.8 Å². The van der Waals surface area contributed by atoms with Gasteiger partial charge in [0, 0.05) is 17.3 Å². The molecule has 1 aromatic heterocycles. The van der Waals surface area contributed by atoms with Gasteiger partial charge in [0.2, 0.25) is 10.0 Å². The fourth-order valence-corrected chi connectivity index (χ4v) is 4.21. The molecule has 7 heteroatoms. The maximum atomic E-state index is 12.5. The largest absolute Gasteiger partial charge is 0.399 e. The molecular weight excluding hydrogens is 294 g/mol. The Morgan fingerprint density at radius 2 is 2.05 bits per heavy atom. The summed E-state index contributed by atoms with van der Waals surface area (Å²) in [6.45, 7) is 5.39. The highest BCUT2D eigenvalue weighted by Crippen LogP contribution is 2.24. The van der Waals surface area contributed by atoms with E-state index in [0.717, 1.165) is 10.6 Å². The van der Waals surface area contributed by atoms with Crippen LogP contribution in [-0.4, -0.2) is 13.4 Å². The molecule has 0 aliphatic carbocycles. The summed E-state index contributed by atoms with van der Waals surface area (Å²) in [7, 11) is -3.62. The number of nitrogens with two attached hydrogens (primary N) is 1. The number of nitrogens with zero attached hydrogens (tertiary/aromatic N) is 1. The SMILES string of the molecule is Cc1cc(N)cc(S(=O)(=O)NC(C)c2nccs2)c1C. The van der Waals surface area contributed by atoms with Gasteiger partial charge in [-0.05, 0) is 44.0 Å². The molecule has 0 saturated carbocycles. The fourth-order valence-electron chi connectivity index (χ4n) is 1.93. The van der Waals surface area contributed by atoms with Crippen LogP contribution in [0.1, 0.15) is 29.1 Å². The number of nitrogen functional groups attached to an aromatic ring is 1. The fraction of sp³-hybridized carbons (Fsp3) is 0.308. The average Bonchev–Trinajstić information content (AvgIpc) is 2.86. The second-order valence-corrected chi connectivity index (χ2v) is 7.28. The van der Waals surface area contributed by atoms with E-state index < -0.39 is 10.0 Å². The Balaban J connectivity index is 2.36. The summed E-state index contributed by atoms with van der Waals surface area (Å²) >= 11 is 1.41. The van der Waals surface area contributed by atoms with Crippen LogP contribution in [0.5, 0.6) is 0 Å². The predicted molar refractivity (Wildman–Crippen MR) is 81.2 cm³/mol. The van der Waals surface area contributed by atoms with Crippen LogP contribution in [0.4, 0.5) is 5.69 Å². The third-order valence-electron chi connectivity index (χ3n) is 3.09. The van der Waals surface area contributed by atoms with Crippen LogP contribution in [0.25, 0.3) is 0 Å². The molecule has 0 radical (unpaired) electrons. The van der Waals surface area contributed by atoms with Crippen molar-refractivity contribution < 1.29 is 8.42 Å². The van der Waals surface area contributed by atoms with Crippen molar-refractivity contribution >= 4 is 27.0 Å². The molecule has 5 nitrogen and oxygen atoms in total. The van der Waals surface area contributed by atoms with Crippen LogP contribution < -0.4 is 10.5 Å². The quantitative estimate of drug-likeness (QED) is 0.849. The zero-order valence-corrected chi connectivity index (χ0v) is 13.2. The highest BCUT2D eigenvalue weighted by Gasteiger charge is 2.22. The van der Waals surface area contributed by atoms with Crippen LogP contribution >= 0.6 is 11.3 Å². The molecule has 0 aliphatic heterocycles. The van der Waals surface area contributed by atoms with Gasteiger partial charge in [-0.1, -0.05) is 0 Å². The van der Waals surface area contributed by atoms with E-state index in [9.17, 15) is 8.42 Å². The van der Waals surface area contributed by atoms with Gasteiger partial charge in [0.15, 0.2) is 0 Å². The van der Waals surface area contributed by atoms with E-state index in [1.807, 2.05) is 12.3 Å². The molecule has 1 unspecified atom stereocenters. The number of thiazole rings is 1. The van der Waals surface area contributed by atoms with Crippen LogP contribution in [-0.2, 0) is 10.0 Å². The van der Waals surface area contributed by atoms with E-state index in [-0.39, 0.29) is 10.9 Å². The van der Waals surface area contributed by atoms with E-state index in [0.29, 0.717) is 11.3 Å². The molecule has 1 atom stereocenters. The normalized spacial score (nSPS) is 13.3. The predicted octanol–water partition coefficient (Wildman–Crippen LogP) is 2.38. The van der Waals surface area contributed by atoms with Gasteiger partial charge < -0.3 is 5.73 Å². The van der Waals surface area contributed by atoms with Crippen molar-refractivity contribution in [2.45, 2.75) is 31.7 Å². The van der Waals surface area contributed by atoms with Crippen LogP contribution in [0.2, 0.25) is 0 Å². The Morgan fingerprint density at radius 1 is 1.35 bits per heavy atom. The van der Waals surface area contributed by atoms with E-state index in [4.69, 9.17) is 5.73 Å². The van der Waals surface area contributed by atoms with Crippen molar-refractivity contribution in [3.63, 3.8) is 0 Å². The monoisotopic (exact) mass is 311 g/mol. The van der Waals surface area contributed by atoms with Crippen LogP contribution in [0.3, 0.4) is 0 Å². The van der Waals surface area contributed by atoms with Crippen molar-refractivity contribution in [2.75, 3.05) is 5.73 Å². The van der Waals surface area contributed by atoms with Gasteiger partial charge in [0.25, 0.3) is 0 Å². The Morgan fingerprint density at radius 3 is 2.65 bits per heavy atom. The summed E-state index contributed by atoms with van der Waals surface area (Å²) in [6.07, 6.45) is 1.65. The summed E-state index contributed by atoms with van der Waals surface area (Å²) in [4.78, 5) is 4.34. The highest BCUT2D eigenvalue weighted by molar-refractivity contribution is 7.89. The van der Waals surface area contributed by atoms with Gasteiger partial charge >= 0.3 is 0 Å². The number of nitrogens with one attached hydrogen (secondary N) is 1. The number of anilines is 1. The summed E-state index contributed by atoms with van der Waals surface area (Å²) < 4.78 is 27.6. The molecule has 108 valence electrons. The molecule has 20 heavy (non-hydrogen) atoms. The first-order valence-corrected chi connectivity index (χ1v) is 8.46. The minimum Gasteiger partial charge on any atom is -0.399 e. The molecule has 0 bridgehead atoms. The van der Waals surface area contributed by atoms with Gasteiger partial charge in [0.1, 0.15) is 5.01 Å². The minimum absolute atomic E-state index is 0.221. The standard InChI is InChI=1S/C13H17N3O2S2/c1-8-6-11(14)7-12(9(8)2)20(17,18)16-10(3)13-15-4-5-19-13/h4-7,10,16H,14H2,1-3H3. The van der Waals surface area contributed by atoms with Crippen molar-refractivity contribution in [2.24, 2.45) is 0 Å². The second kappa shape index (κ2) is 5.51. The number of rotatable bonds is 4. The lowest BCUT2D eigenvalue weighted by Crippen LogP contribution is -2.27. The van der Waals surface area contributed by atoms with Gasteiger partial charge in [-0.25, -0.2) is 18.1 Å². The van der Waals surface area contributed by atoms with Gasteiger partial charge in [0.05, 0.1) is 10.9 Å². The highest BCUT2D eigenvalue weighted by atomic mass is 32.2. The number of sulfonamides is 1. The maximum absolute atomic E-state index is 12.5. The number of hydrogen-bond donors (Lipinski definition) is 2. The smallest absolute Gasteiger partial charge is 0.241 e. The third kappa shape index (κ3) is 3.00. The van der Waals surface area contributed by atoms with E-state index >= 15 is 0 Å². The Kier molecular flexibility index (Phi) is 4.12. The van der Waals surface area contributed by atoms with Crippen molar-refractivity contribution in [3.05, 3.63) is 39.8 Å². The molecular formula is C13H17N3O2S2. The van der Waals surface area contributed by atoms with Gasteiger partial charge in [-0.2, -0.15) is 0 Å². The van der Waals surface area contributed by atoms with Gasteiger partial charge in [-0.3, -0.25) is 0 Å². The number of benzene rings is 1.